The molecule has 0 aromatic carbocycles. The summed E-state index contributed by atoms with van der Waals surface area (Å²) in [5.74, 6) is 0. The topological polar surface area (TPSA) is 88.5 Å². The SMILES string of the molecule is O.[O-2].[O-2].[Ti+3].[Ti+4]. The van der Waals surface area contributed by atoms with E-state index in [4.69, 9.17) is 0 Å². The van der Waals surface area contributed by atoms with E-state index in [1.807, 2.05) is 0 Å². The van der Waals surface area contributed by atoms with Gasteiger partial charge in [-0.15, -0.1) is 0 Å². The first-order valence-electron chi connectivity index (χ1n) is 0. The van der Waals surface area contributed by atoms with Crippen molar-refractivity contribution in [3.05, 3.63) is 0 Å². The summed E-state index contributed by atoms with van der Waals surface area (Å²) in [5.41, 5.74) is 0. The first-order valence-corrected chi connectivity index (χ1v) is 0. The molecule has 0 aromatic heterocycles. The summed E-state index contributed by atoms with van der Waals surface area (Å²) < 4.78 is 0. The fourth-order valence-electron chi connectivity index (χ4n) is 0. The van der Waals surface area contributed by atoms with E-state index in [0.29, 0.717) is 0 Å². The van der Waals surface area contributed by atoms with Crippen LogP contribution in [0.4, 0.5) is 0 Å². The van der Waals surface area contributed by atoms with E-state index < -0.39 is 0 Å². The molecule has 0 atom stereocenters. The van der Waals surface area contributed by atoms with Crippen molar-refractivity contribution in [1.29, 1.82) is 0 Å². The van der Waals surface area contributed by atoms with E-state index in [9.17, 15) is 0 Å². The third-order valence-corrected chi connectivity index (χ3v) is 0. The van der Waals surface area contributed by atoms with E-state index in [1.165, 1.54) is 0 Å². The van der Waals surface area contributed by atoms with Crippen LogP contribution in [-0.4, -0.2) is 5.48 Å². The molecule has 0 heterocycles. The van der Waals surface area contributed by atoms with Gasteiger partial charge in [0.05, 0.1) is 0 Å². The first kappa shape index (κ1) is 104. The van der Waals surface area contributed by atoms with E-state index in [0.717, 1.165) is 0 Å². The van der Waals surface area contributed by atoms with Crippen LogP contribution < -0.4 is 0 Å². The van der Waals surface area contributed by atoms with Crippen LogP contribution in [0, 0.1) is 0 Å². The minimum atomic E-state index is 0. The van der Waals surface area contributed by atoms with Gasteiger partial charge in [-0.05, 0) is 0 Å². The van der Waals surface area contributed by atoms with Crippen LogP contribution in [0.25, 0.3) is 0 Å². The van der Waals surface area contributed by atoms with Gasteiger partial charge < -0.3 is 16.4 Å². The van der Waals surface area contributed by atoms with E-state index >= 15 is 0 Å². The number of rotatable bonds is 0. The van der Waals surface area contributed by atoms with Crippen LogP contribution in [-0.2, 0) is 54.4 Å². The van der Waals surface area contributed by atoms with Crippen molar-refractivity contribution < 1.29 is 59.9 Å². The molecule has 0 amide bonds. The molecule has 0 aliphatic heterocycles. The summed E-state index contributed by atoms with van der Waals surface area (Å²) in [5, 5.41) is 0. The molecule has 0 aliphatic rings. The molecule has 5 heteroatoms. The van der Waals surface area contributed by atoms with Gasteiger partial charge in [0.2, 0.25) is 0 Å². The fourth-order valence-corrected chi connectivity index (χ4v) is 0. The van der Waals surface area contributed by atoms with E-state index in [1.54, 1.807) is 0 Å². The molecule has 0 fully saturated rings. The second-order valence-electron chi connectivity index (χ2n) is 0. The molecule has 0 aliphatic carbocycles. The van der Waals surface area contributed by atoms with Gasteiger partial charge in [-0.25, -0.2) is 0 Å². The molecule has 0 rings (SSSR count). The number of hydrogen-bond donors (Lipinski definition) is 0. The monoisotopic (exact) mass is 146 g/mol. The van der Waals surface area contributed by atoms with Crippen molar-refractivity contribution >= 4 is 0 Å². The largest absolute Gasteiger partial charge is 4.00 e. The predicted molar refractivity (Wildman–Crippen MR) is 4.99 cm³/mol. The summed E-state index contributed by atoms with van der Waals surface area (Å²) in [6, 6.07) is 0. The third-order valence-electron chi connectivity index (χ3n) is 0. The van der Waals surface area contributed by atoms with Gasteiger partial charge in [0.1, 0.15) is 0 Å². The Morgan fingerprint density at radius 1 is 0.800 bits per heavy atom. The van der Waals surface area contributed by atoms with Crippen LogP contribution in [0.2, 0.25) is 0 Å². The second-order valence-corrected chi connectivity index (χ2v) is 0. The van der Waals surface area contributed by atoms with Gasteiger partial charge >= 0.3 is 43.4 Å². The van der Waals surface area contributed by atoms with Crippen LogP contribution in [0.5, 0.6) is 0 Å². The Morgan fingerprint density at radius 3 is 0.800 bits per heavy atom. The molecule has 2 N–H and O–H groups in total. The molecule has 0 spiro atoms. The fraction of sp³-hybridized carbons (Fsp3) is 0. The predicted octanol–water partition coefficient (Wildman–Crippen LogP) is -1.07. The van der Waals surface area contributed by atoms with E-state index in [-0.39, 0.29) is 59.9 Å². The van der Waals surface area contributed by atoms with Crippen molar-refractivity contribution in [3.8, 4) is 0 Å². The smallest absolute Gasteiger partial charge is 2.00 e. The Hall–Kier alpha value is 1.31. The molecule has 25 valence electrons. The Kier molecular flexibility index (Phi) is 1200. The summed E-state index contributed by atoms with van der Waals surface area (Å²) in [4.78, 5) is 0. The van der Waals surface area contributed by atoms with Gasteiger partial charge in [-0.3, -0.25) is 0 Å². The molecular weight excluding hydrogens is 144 g/mol. The first-order chi connectivity index (χ1) is 0. The van der Waals surface area contributed by atoms with Crippen molar-refractivity contribution in [1.82, 2.24) is 0 Å². The average Bonchev–Trinajstić information content (AvgIpc) is 0. The maximum atomic E-state index is 0. The Labute approximate surface area is 59.8 Å². The van der Waals surface area contributed by atoms with Crippen LogP contribution >= 0.6 is 0 Å². The minimum absolute atomic E-state index is 0. The van der Waals surface area contributed by atoms with Crippen LogP contribution in [0.15, 0.2) is 0 Å². The van der Waals surface area contributed by atoms with Gasteiger partial charge in [0.25, 0.3) is 0 Å². The average molecular weight is 146 g/mol. The number of hydrogen-bond acceptors (Lipinski definition) is 0. The van der Waals surface area contributed by atoms with Crippen LogP contribution in [0.1, 0.15) is 0 Å². The zero-order valence-corrected chi connectivity index (χ0v) is 5.44. The third kappa shape index (κ3) is 33.9. The molecule has 1 radical (unpaired) electrons. The summed E-state index contributed by atoms with van der Waals surface area (Å²) in [6.45, 7) is 0. The normalized spacial score (nSPS) is 0. The molecule has 0 saturated carbocycles. The van der Waals surface area contributed by atoms with Crippen molar-refractivity contribution in [2.24, 2.45) is 0 Å². The molecule has 0 unspecified atom stereocenters. The minimum Gasteiger partial charge on any atom is -2.00 e. The molecular formula is H2O3Ti2+3. The zero-order chi connectivity index (χ0) is 0. The Bertz CT molecular complexity index is 4.85. The van der Waals surface area contributed by atoms with Crippen molar-refractivity contribution in [2.75, 3.05) is 0 Å². The molecule has 0 aromatic rings. The van der Waals surface area contributed by atoms with Crippen molar-refractivity contribution in [2.45, 2.75) is 0 Å². The second kappa shape index (κ2) is 57.6. The summed E-state index contributed by atoms with van der Waals surface area (Å²) in [6.07, 6.45) is 0. The molecule has 5 heavy (non-hydrogen) atoms. The molecule has 3 nitrogen and oxygen atoms in total. The standard InChI is InChI=1S/H2O.2O.2Ti/h1H2;;;;/q;2*-2;+3;+4. The van der Waals surface area contributed by atoms with Crippen molar-refractivity contribution in [3.63, 3.8) is 0 Å². The zero-order valence-electron chi connectivity index (χ0n) is 2.32. The Balaban J connectivity index is 0. The van der Waals surface area contributed by atoms with Gasteiger partial charge in [0, 0.05) is 0 Å². The van der Waals surface area contributed by atoms with Gasteiger partial charge in [-0.1, -0.05) is 0 Å². The maximum absolute atomic E-state index is 0. The molecule has 0 bridgehead atoms. The quantitative estimate of drug-likeness (QED) is 0.389. The summed E-state index contributed by atoms with van der Waals surface area (Å²) >= 11 is 0. The van der Waals surface area contributed by atoms with Gasteiger partial charge in [-0.2, -0.15) is 0 Å². The van der Waals surface area contributed by atoms with Crippen LogP contribution in [0.3, 0.4) is 0 Å². The molecule has 0 saturated heterocycles. The Morgan fingerprint density at radius 2 is 0.800 bits per heavy atom. The summed E-state index contributed by atoms with van der Waals surface area (Å²) in [7, 11) is 0. The van der Waals surface area contributed by atoms with Gasteiger partial charge in [0.15, 0.2) is 0 Å². The maximum Gasteiger partial charge on any atom is 4.00 e. The van der Waals surface area contributed by atoms with E-state index in [2.05, 4.69) is 0 Å².